The molecule has 2 rings (SSSR count). The highest BCUT2D eigenvalue weighted by molar-refractivity contribution is 7.92. The van der Waals surface area contributed by atoms with E-state index in [1.165, 1.54) is 10.5 Å². The summed E-state index contributed by atoms with van der Waals surface area (Å²) < 4.78 is 56.3. The zero-order valence-electron chi connectivity index (χ0n) is 18.6. The van der Waals surface area contributed by atoms with Gasteiger partial charge in [0.05, 0.1) is 18.5 Å². The van der Waals surface area contributed by atoms with Gasteiger partial charge in [0.2, 0.25) is 15.9 Å². The van der Waals surface area contributed by atoms with Gasteiger partial charge in [-0.1, -0.05) is 12.1 Å². The second kappa shape index (κ2) is 11.5. The average molecular weight is 480 g/mol. The Morgan fingerprint density at radius 3 is 2.42 bits per heavy atom. The van der Waals surface area contributed by atoms with Gasteiger partial charge in [-0.15, -0.1) is 5.10 Å². The van der Waals surface area contributed by atoms with E-state index in [-0.39, 0.29) is 18.5 Å². The fourth-order valence-electron chi connectivity index (χ4n) is 2.96. The van der Waals surface area contributed by atoms with Gasteiger partial charge in [0, 0.05) is 35.8 Å². The number of benzene rings is 2. The van der Waals surface area contributed by atoms with E-state index in [9.17, 15) is 17.2 Å². The minimum Gasteiger partial charge on any atom is -0.470 e. The van der Waals surface area contributed by atoms with Crippen molar-refractivity contribution in [3.8, 4) is 0 Å². The zero-order valence-corrected chi connectivity index (χ0v) is 19.4. The number of hydrogen-bond acceptors (Lipinski definition) is 7. The van der Waals surface area contributed by atoms with Crippen LogP contribution in [0, 0.1) is 5.41 Å². The largest absolute Gasteiger partial charge is 0.470 e. The molecule has 178 valence electrons. The van der Waals surface area contributed by atoms with Crippen molar-refractivity contribution in [2.75, 3.05) is 22.5 Å². The fourth-order valence-corrected chi connectivity index (χ4v) is 3.84. The fraction of sp³-hybridized carbons (Fsp3) is 0.318. The van der Waals surface area contributed by atoms with Crippen LogP contribution in [0.4, 0.5) is 20.2 Å². The molecule has 0 amide bonds. The van der Waals surface area contributed by atoms with Crippen LogP contribution in [0.2, 0.25) is 0 Å². The van der Waals surface area contributed by atoms with Crippen molar-refractivity contribution < 1.29 is 21.9 Å². The number of nitrogens with one attached hydrogen (secondary N) is 2. The molecule has 0 unspecified atom stereocenters. The summed E-state index contributed by atoms with van der Waals surface area (Å²) in [5.74, 6) is -0.108. The predicted molar refractivity (Wildman–Crippen MR) is 129 cm³/mol. The normalized spacial score (nSPS) is 12.0. The van der Waals surface area contributed by atoms with E-state index >= 15 is 0 Å². The molecule has 0 fully saturated rings. The topological polar surface area (TPSA) is 107 Å². The zero-order chi connectivity index (χ0) is 24.6. The quantitative estimate of drug-likeness (QED) is 0.287. The van der Waals surface area contributed by atoms with E-state index in [0.717, 1.165) is 6.26 Å². The molecule has 11 heteroatoms. The third-order valence-electron chi connectivity index (χ3n) is 4.36. The molecule has 0 aliphatic carbocycles. The molecule has 0 aromatic heterocycles. The molecule has 0 heterocycles. The Labute approximate surface area is 192 Å². The molecule has 2 aromatic rings. The number of anilines is 2. The number of ether oxygens (including phenoxy) is 1. The summed E-state index contributed by atoms with van der Waals surface area (Å²) in [4.78, 5) is 0. The highest BCUT2D eigenvalue weighted by Gasteiger charge is 2.20. The summed E-state index contributed by atoms with van der Waals surface area (Å²) in [6.07, 6.45) is -0.359. The van der Waals surface area contributed by atoms with E-state index < -0.39 is 23.1 Å². The molecular formula is C22H27F2N5O3S. The number of sulfonamides is 1. The third kappa shape index (κ3) is 7.63. The van der Waals surface area contributed by atoms with Gasteiger partial charge in [0.15, 0.2) is 6.61 Å². The average Bonchev–Trinajstić information content (AvgIpc) is 2.74. The van der Waals surface area contributed by atoms with Crippen LogP contribution in [0.3, 0.4) is 0 Å². The van der Waals surface area contributed by atoms with Crippen LogP contribution in [0.25, 0.3) is 0 Å². The van der Waals surface area contributed by atoms with Crippen molar-refractivity contribution >= 4 is 40.2 Å². The lowest BCUT2D eigenvalue weighted by atomic mass is 10.1. The van der Waals surface area contributed by atoms with E-state index in [4.69, 9.17) is 10.1 Å². The Morgan fingerprint density at radius 1 is 1.24 bits per heavy atom. The van der Waals surface area contributed by atoms with Crippen molar-refractivity contribution in [3.05, 3.63) is 59.2 Å². The number of halogens is 2. The van der Waals surface area contributed by atoms with Gasteiger partial charge >= 0.3 is 0 Å². The van der Waals surface area contributed by atoms with Crippen LogP contribution in [0.15, 0.2) is 52.7 Å². The first-order valence-electron chi connectivity index (χ1n) is 9.97. The number of rotatable bonds is 11. The first-order valence-corrected chi connectivity index (χ1v) is 11.8. The molecule has 0 aliphatic rings. The van der Waals surface area contributed by atoms with Crippen LogP contribution in [0.5, 0.6) is 0 Å². The van der Waals surface area contributed by atoms with Crippen LogP contribution in [0.1, 0.15) is 30.5 Å². The van der Waals surface area contributed by atoms with Crippen molar-refractivity contribution in [3.63, 3.8) is 0 Å². The number of nitrogens with zero attached hydrogens (tertiary/aromatic N) is 3. The Hall–Kier alpha value is -3.34. The maximum Gasteiger partial charge on any atom is 0.272 e. The molecule has 2 aromatic carbocycles. The summed E-state index contributed by atoms with van der Waals surface area (Å²) in [6.45, 7) is 6.30. The summed E-state index contributed by atoms with van der Waals surface area (Å²) in [5.41, 5.74) is 2.77. The molecule has 8 nitrogen and oxygen atoms in total. The molecule has 0 radical (unpaired) electrons. The Bertz CT molecular complexity index is 1100. The highest BCUT2D eigenvalue weighted by Crippen LogP contribution is 2.27. The maximum atomic E-state index is 12.6. The van der Waals surface area contributed by atoms with Gasteiger partial charge in [-0.05, 0) is 49.7 Å². The van der Waals surface area contributed by atoms with Crippen molar-refractivity contribution in [1.82, 2.24) is 0 Å². The van der Waals surface area contributed by atoms with Crippen molar-refractivity contribution in [2.45, 2.75) is 32.9 Å². The molecule has 33 heavy (non-hydrogen) atoms. The molecule has 0 saturated carbocycles. The molecule has 0 bridgehead atoms. The second-order valence-corrected chi connectivity index (χ2v) is 9.34. The predicted octanol–water partition coefficient (Wildman–Crippen LogP) is 4.11. The van der Waals surface area contributed by atoms with Crippen LogP contribution in [-0.4, -0.2) is 52.6 Å². The standard InChI is InChI=1S/C22H27F2N5O3S/c1-15(2)27-20-11-19(10-9-18(20)12-25)29(33(4,30)31)13-16-5-7-17(8-6-16)22(28-26-3)32-14-21(23)24/h5-12,15,21,25,27H,3,13-14H2,1-2,4H3/b25-12?,28-22-. The minimum absolute atomic E-state index is 0.0360. The van der Waals surface area contributed by atoms with Gasteiger partial charge in [-0.3, -0.25) is 4.31 Å². The molecule has 0 atom stereocenters. The molecule has 2 N–H and O–H groups in total. The summed E-state index contributed by atoms with van der Waals surface area (Å²) in [7, 11) is -3.64. The monoisotopic (exact) mass is 479 g/mol. The lowest BCUT2D eigenvalue weighted by Gasteiger charge is -2.24. The third-order valence-corrected chi connectivity index (χ3v) is 5.50. The van der Waals surface area contributed by atoms with Crippen LogP contribution in [-0.2, 0) is 21.3 Å². The second-order valence-electron chi connectivity index (χ2n) is 7.43. The highest BCUT2D eigenvalue weighted by atomic mass is 32.2. The minimum atomic E-state index is -3.64. The number of alkyl halides is 2. The van der Waals surface area contributed by atoms with Gasteiger partial charge in [0.1, 0.15) is 0 Å². The van der Waals surface area contributed by atoms with Crippen molar-refractivity contribution in [1.29, 1.82) is 5.41 Å². The molecular weight excluding hydrogens is 452 g/mol. The van der Waals surface area contributed by atoms with Crippen LogP contribution >= 0.6 is 0 Å². The summed E-state index contributed by atoms with van der Waals surface area (Å²) in [6, 6.07) is 11.6. The van der Waals surface area contributed by atoms with Gasteiger partial charge in [-0.25, -0.2) is 17.2 Å². The van der Waals surface area contributed by atoms with E-state index in [1.807, 2.05) is 13.8 Å². The van der Waals surface area contributed by atoms with Crippen LogP contribution < -0.4 is 9.62 Å². The molecule has 0 spiro atoms. The lowest BCUT2D eigenvalue weighted by Crippen LogP contribution is -2.29. The molecule has 0 aliphatic heterocycles. The summed E-state index contributed by atoms with van der Waals surface area (Å²) >= 11 is 0. The van der Waals surface area contributed by atoms with Gasteiger partial charge in [-0.2, -0.15) is 5.10 Å². The van der Waals surface area contributed by atoms with Gasteiger partial charge < -0.3 is 15.5 Å². The van der Waals surface area contributed by atoms with Crippen molar-refractivity contribution in [2.24, 2.45) is 10.2 Å². The Morgan fingerprint density at radius 2 is 1.91 bits per heavy atom. The Balaban J connectivity index is 2.34. The van der Waals surface area contributed by atoms with E-state index in [2.05, 4.69) is 22.2 Å². The van der Waals surface area contributed by atoms with Gasteiger partial charge in [0.25, 0.3) is 6.43 Å². The maximum absolute atomic E-state index is 12.6. The summed E-state index contributed by atoms with van der Waals surface area (Å²) in [5, 5.41) is 17.8. The first kappa shape index (κ1) is 25.9. The first-order chi connectivity index (χ1) is 15.5. The van der Waals surface area contributed by atoms with E-state index in [0.29, 0.717) is 28.1 Å². The number of hydrogen-bond donors (Lipinski definition) is 2. The molecule has 0 saturated heterocycles. The Kier molecular flexibility index (Phi) is 9.03. The van der Waals surface area contributed by atoms with E-state index in [1.54, 1.807) is 42.5 Å². The SMILES string of the molecule is C=N/N=C(\OCC(F)F)c1ccc(CN(c2ccc(C=N)c(NC(C)C)c2)S(C)(=O)=O)cc1. The lowest BCUT2D eigenvalue weighted by molar-refractivity contribution is 0.0765. The smallest absolute Gasteiger partial charge is 0.272 e.